The Morgan fingerprint density at radius 3 is 3.09 bits per heavy atom. The molecule has 6 heteroatoms. The highest BCUT2D eigenvalue weighted by atomic mass is 79.9. The molecule has 0 saturated heterocycles. The lowest BCUT2D eigenvalue weighted by Crippen LogP contribution is -1.79. The molecule has 0 atom stereocenters. The number of fused-ring (bicyclic) bond motifs is 1. The molecule has 0 bridgehead atoms. The summed E-state index contributed by atoms with van der Waals surface area (Å²) in [6.07, 6.45) is 1.60. The average Bonchev–Trinajstić information content (AvgIpc) is 2.27. The molecule has 0 aliphatic carbocycles. The summed E-state index contributed by atoms with van der Waals surface area (Å²) in [6, 6.07) is 0. The number of hydrogen-bond acceptors (Lipinski definition) is 4. The van der Waals surface area contributed by atoms with Crippen LogP contribution in [0.1, 0.15) is 0 Å². The highest BCUT2D eigenvalue weighted by Crippen LogP contribution is 2.23. The summed E-state index contributed by atoms with van der Waals surface area (Å²) in [4.78, 5) is 12.8. The number of thiazole rings is 1. The molecule has 2 aromatic rings. The molecule has 0 saturated carbocycles. The second-order valence-electron chi connectivity index (χ2n) is 1.79. The van der Waals surface area contributed by atoms with Crippen molar-refractivity contribution in [1.82, 2.24) is 15.0 Å². The number of halogens is 2. The number of hydrogen-bond donors (Lipinski definition) is 0. The van der Waals surface area contributed by atoms with Gasteiger partial charge in [-0.05, 0) is 15.9 Å². The van der Waals surface area contributed by atoms with Crippen LogP contribution >= 0.6 is 38.9 Å². The normalized spacial score (nSPS) is 10.7. The molecule has 2 aromatic heterocycles. The van der Waals surface area contributed by atoms with Gasteiger partial charge in [0, 0.05) is 0 Å². The van der Waals surface area contributed by atoms with E-state index in [1.165, 1.54) is 11.3 Å². The van der Waals surface area contributed by atoms with Crippen LogP contribution in [0.15, 0.2) is 10.8 Å². The molecule has 2 heterocycles. The second-order valence-corrected chi connectivity index (χ2v) is 4.16. The summed E-state index contributed by atoms with van der Waals surface area (Å²) in [5.41, 5.74) is 0.600. The zero-order chi connectivity index (χ0) is 7.84. The fourth-order valence-electron chi connectivity index (χ4n) is 0.677. The van der Waals surface area contributed by atoms with Crippen LogP contribution in [0.3, 0.4) is 0 Å². The smallest absolute Gasteiger partial charge is 0.191 e. The van der Waals surface area contributed by atoms with Gasteiger partial charge in [-0.3, -0.25) is 0 Å². The topological polar surface area (TPSA) is 38.7 Å². The van der Waals surface area contributed by atoms with Crippen molar-refractivity contribution < 1.29 is 0 Å². The van der Waals surface area contributed by atoms with Gasteiger partial charge in [-0.15, -0.1) is 0 Å². The summed E-state index contributed by atoms with van der Waals surface area (Å²) in [5.74, 6) is 0. The molecule has 0 aliphatic rings. The van der Waals surface area contributed by atoms with Gasteiger partial charge >= 0.3 is 0 Å². The van der Waals surface area contributed by atoms with Crippen LogP contribution in [0.25, 0.3) is 10.5 Å². The number of aromatic nitrogens is 3. The van der Waals surface area contributed by atoms with E-state index in [1.807, 2.05) is 0 Å². The second kappa shape index (κ2) is 2.66. The van der Waals surface area contributed by atoms with Crippen molar-refractivity contribution in [2.45, 2.75) is 0 Å². The molecular weight excluding hydrogens is 250 g/mol. The van der Waals surface area contributed by atoms with Crippen molar-refractivity contribution in [3.63, 3.8) is 0 Å². The summed E-state index contributed by atoms with van der Waals surface area (Å²) >= 11 is 10.2. The highest BCUT2D eigenvalue weighted by molar-refractivity contribution is 9.10. The molecule has 0 amide bonds. The highest BCUT2D eigenvalue weighted by Gasteiger charge is 2.03. The maximum atomic E-state index is 5.65. The Labute approximate surface area is 79.6 Å². The third kappa shape index (κ3) is 1.36. The maximum absolute atomic E-state index is 5.65. The van der Waals surface area contributed by atoms with Crippen LogP contribution < -0.4 is 0 Å². The molecule has 0 spiro atoms. The van der Waals surface area contributed by atoms with Crippen LogP contribution in [0, 0.1) is 0 Å². The Hall–Kier alpha value is -0.260. The Kier molecular flexibility index (Phi) is 1.78. The lowest BCUT2D eigenvalue weighted by molar-refractivity contribution is 1.23. The van der Waals surface area contributed by atoms with Gasteiger partial charge < -0.3 is 0 Å². The Bertz CT molecular complexity index is 402. The van der Waals surface area contributed by atoms with Crippen LogP contribution in [0.2, 0.25) is 4.47 Å². The van der Waals surface area contributed by atoms with Gasteiger partial charge in [-0.2, -0.15) is 0 Å². The van der Waals surface area contributed by atoms with Gasteiger partial charge in [0.15, 0.2) is 14.9 Å². The first kappa shape index (κ1) is 7.39. The van der Waals surface area contributed by atoms with Gasteiger partial charge in [0.25, 0.3) is 0 Å². The molecule has 3 nitrogen and oxygen atoms in total. The largest absolute Gasteiger partial charge is 0.232 e. The SMILES string of the molecule is Clc1nc2ncc(Br)nc2s1. The van der Waals surface area contributed by atoms with Crippen LogP contribution in [0.5, 0.6) is 0 Å². The Balaban J connectivity index is 2.82. The zero-order valence-electron chi connectivity index (χ0n) is 5.08. The van der Waals surface area contributed by atoms with E-state index in [0.29, 0.717) is 14.7 Å². The summed E-state index contributed by atoms with van der Waals surface area (Å²) in [6.45, 7) is 0. The van der Waals surface area contributed by atoms with Crippen molar-refractivity contribution >= 4 is 49.3 Å². The first-order valence-corrected chi connectivity index (χ1v) is 4.69. The molecule has 56 valence electrons. The molecule has 0 aliphatic heterocycles. The average molecular weight is 251 g/mol. The van der Waals surface area contributed by atoms with Crippen molar-refractivity contribution in [2.75, 3.05) is 0 Å². The van der Waals surface area contributed by atoms with Gasteiger partial charge in [0.05, 0.1) is 6.20 Å². The summed E-state index contributed by atoms with van der Waals surface area (Å²) < 4.78 is 1.17. The van der Waals surface area contributed by atoms with E-state index in [-0.39, 0.29) is 0 Å². The lowest BCUT2D eigenvalue weighted by Gasteiger charge is -1.85. The fourth-order valence-corrected chi connectivity index (χ4v) is 2.00. The molecule has 0 unspecified atom stereocenters. The number of nitrogens with zero attached hydrogens (tertiary/aromatic N) is 3. The standard InChI is InChI=1S/C5HBrClN3S/c6-2-1-8-3-4(9-2)11-5(7)10-3/h1H. The van der Waals surface area contributed by atoms with Gasteiger partial charge in [-0.1, -0.05) is 22.9 Å². The molecule has 0 radical (unpaired) electrons. The van der Waals surface area contributed by atoms with E-state index in [1.54, 1.807) is 6.20 Å². The van der Waals surface area contributed by atoms with E-state index in [0.717, 1.165) is 4.83 Å². The minimum atomic E-state index is 0.470. The fraction of sp³-hybridized carbons (Fsp3) is 0. The van der Waals surface area contributed by atoms with E-state index in [9.17, 15) is 0 Å². The molecular formula is C5HBrClN3S. The first-order chi connectivity index (χ1) is 5.25. The van der Waals surface area contributed by atoms with E-state index < -0.39 is 0 Å². The molecule has 2 rings (SSSR count). The molecule has 0 fully saturated rings. The predicted molar refractivity (Wildman–Crippen MR) is 47.9 cm³/mol. The minimum absolute atomic E-state index is 0.470. The molecule has 0 aromatic carbocycles. The van der Waals surface area contributed by atoms with Crippen molar-refractivity contribution in [3.8, 4) is 0 Å². The van der Waals surface area contributed by atoms with Crippen molar-refractivity contribution in [2.24, 2.45) is 0 Å². The number of rotatable bonds is 0. The van der Waals surface area contributed by atoms with Gasteiger partial charge in [0.1, 0.15) is 4.60 Å². The minimum Gasteiger partial charge on any atom is -0.232 e. The van der Waals surface area contributed by atoms with Crippen LogP contribution in [0.4, 0.5) is 0 Å². The third-order valence-electron chi connectivity index (χ3n) is 1.07. The maximum Gasteiger partial charge on any atom is 0.191 e. The summed E-state index contributed by atoms with van der Waals surface area (Å²) in [7, 11) is 0. The van der Waals surface area contributed by atoms with E-state index in [4.69, 9.17) is 11.6 Å². The first-order valence-electron chi connectivity index (χ1n) is 2.70. The van der Waals surface area contributed by atoms with E-state index >= 15 is 0 Å². The quantitative estimate of drug-likeness (QED) is 0.721. The Morgan fingerprint density at radius 1 is 1.45 bits per heavy atom. The Morgan fingerprint density at radius 2 is 2.27 bits per heavy atom. The van der Waals surface area contributed by atoms with Crippen LogP contribution in [-0.4, -0.2) is 15.0 Å². The monoisotopic (exact) mass is 249 g/mol. The third-order valence-corrected chi connectivity index (χ3v) is 2.49. The van der Waals surface area contributed by atoms with Crippen molar-refractivity contribution in [3.05, 3.63) is 15.3 Å². The van der Waals surface area contributed by atoms with Gasteiger partial charge in [0.2, 0.25) is 0 Å². The van der Waals surface area contributed by atoms with E-state index in [2.05, 4.69) is 30.9 Å². The summed E-state index contributed by atoms with van der Waals surface area (Å²) in [5, 5.41) is 0. The van der Waals surface area contributed by atoms with Crippen LogP contribution in [-0.2, 0) is 0 Å². The molecule has 0 N–H and O–H groups in total. The van der Waals surface area contributed by atoms with Crippen molar-refractivity contribution in [1.29, 1.82) is 0 Å². The molecule has 11 heavy (non-hydrogen) atoms. The zero-order valence-corrected chi connectivity index (χ0v) is 8.24. The lowest BCUT2D eigenvalue weighted by atomic mass is 10.7. The predicted octanol–water partition coefficient (Wildman–Crippen LogP) is 2.50. The van der Waals surface area contributed by atoms with Gasteiger partial charge in [-0.25, -0.2) is 15.0 Å².